The van der Waals surface area contributed by atoms with E-state index in [0.717, 1.165) is 17.5 Å². The summed E-state index contributed by atoms with van der Waals surface area (Å²) in [7, 11) is 0. The van der Waals surface area contributed by atoms with Crippen molar-refractivity contribution in [3.63, 3.8) is 0 Å². The first-order chi connectivity index (χ1) is 8.50. The van der Waals surface area contributed by atoms with Crippen LogP contribution in [0.5, 0.6) is 0 Å². The summed E-state index contributed by atoms with van der Waals surface area (Å²) in [6, 6.07) is 7.90. The Balaban J connectivity index is 2.42. The van der Waals surface area contributed by atoms with Gasteiger partial charge in [-0.2, -0.15) is 0 Å². The Labute approximate surface area is 110 Å². The molecule has 2 nitrogen and oxygen atoms in total. The van der Waals surface area contributed by atoms with Gasteiger partial charge in [0.1, 0.15) is 6.61 Å². The van der Waals surface area contributed by atoms with E-state index in [-0.39, 0.29) is 5.97 Å². The molecular formula is C16H22O2. The number of hydrogen-bond donors (Lipinski definition) is 0. The SMILES string of the molecule is C=C(CCC(C)C)C(=O)OCc1ccccc1C. The minimum Gasteiger partial charge on any atom is -0.457 e. The molecule has 0 aliphatic heterocycles. The van der Waals surface area contributed by atoms with E-state index >= 15 is 0 Å². The van der Waals surface area contributed by atoms with Crippen molar-refractivity contribution in [3.05, 3.63) is 47.5 Å². The van der Waals surface area contributed by atoms with E-state index in [1.165, 1.54) is 0 Å². The van der Waals surface area contributed by atoms with Crippen molar-refractivity contribution >= 4 is 5.97 Å². The molecule has 0 N–H and O–H groups in total. The topological polar surface area (TPSA) is 26.3 Å². The molecule has 2 heteroatoms. The van der Waals surface area contributed by atoms with E-state index in [9.17, 15) is 4.79 Å². The summed E-state index contributed by atoms with van der Waals surface area (Å²) in [6.07, 6.45) is 1.68. The molecule has 0 saturated heterocycles. The second kappa shape index (κ2) is 7.00. The molecule has 0 unspecified atom stereocenters. The highest BCUT2D eigenvalue weighted by Gasteiger charge is 2.10. The Morgan fingerprint density at radius 2 is 2.00 bits per heavy atom. The molecule has 0 aliphatic carbocycles. The predicted molar refractivity (Wildman–Crippen MR) is 74.2 cm³/mol. The molecule has 98 valence electrons. The summed E-state index contributed by atoms with van der Waals surface area (Å²) >= 11 is 0. The number of benzene rings is 1. The fourth-order valence-electron chi connectivity index (χ4n) is 1.58. The van der Waals surface area contributed by atoms with Gasteiger partial charge in [0.05, 0.1) is 0 Å². The number of carbonyl (C=O) groups excluding carboxylic acids is 1. The van der Waals surface area contributed by atoms with Gasteiger partial charge in [0.2, 0.25) is 0 Å². The lowest BCUT2D eigenvalue weighted by molar-refractivity contribution is -0.140. The summed E-state index contributed by atoms with van der Waals surface area (Å²) in [5, 5.41) is 0. The third-order valence-corrected chi connectivity index (χ3v) is 2.93. The second-order valence-electron chi connectivity index (χ2n) is 5.04. The van der Waals surface area contributed by atoms with Crippen LogP contribution in [0.3, 0.4) is 0 Å². The number of ether oxygens (including phenoxy) is 1. The molecule has 0 aromatic heterocycles. The zero-order valence-electron chi connectivity index (χ0n) is 11.5. The summed E-state index contributed by atoms with van der Waals surface area (Å²) < 4.78 is 5.26. The van der Waals surface area contributed by atoms with Crippen molar-refractivity contribution in [1.82, 2.24) is 0 Å². The van der Waals surface area contributed by atoms with E-state index < -0.39 is 0 Å². The maximum atomic E-state index is 11.7. The van der Waals surface area contributed by atoms with E-state index in [4.69, 9.17) is 4.74 Å². The van der Waals surface area contributed by atoms with Crippen molar-refractivity contribution in [2.75, 3.05) is 0 Å². The highest BCUT2D eigenvalue weighted by Crippen LogP contribution is 2.13. The van der Waals surface area contributed by atoms with Crippen LogP contribution in [0.25, 0.3) is 0 Å². The summed E-state index contributed by atoms with van der Waals surface area (Å²) in [4.78, 5) is 11.7. The van der Waals surface area contributed by atoms with Crippen LogP contribution in [-0.4, -0.2) is 5.97 Å². The average Bonchev–Trinajstić information content (AvgIpc) is 2.34. The van der Waals surface area contributed by atoms with Crippen LogP contribution in [0.2, 0.25) is 0 Å². The van der Waals surface area contributed by atoms with Crippen molar-refractivity contribution in [2.45, 2.75) is 40.2 Å². The molecule has 0 aliphatic rings. The van der Waals surface area contributed by atoms with Gasteiger partial charge < -0.3 is 4.74 Å². The maximum Gasteiger partial charge on any atom is 0.333 e. The largest absolute Gasteiger partial charge is 0.457 e. The number of hydrogen-bond acceptors (Lipinski definition) is 2. The molecule has 0 heterocycles. The van der Waals surface area contributed by atoms with E-state index in [1.54, 1.807) is 0 Å². The Kier molecular flexibility index (Phi) is 5.63. The Morgan fingerprint density at radius 1 is 1.33 bits per heavy atom. The highest BCUT2D eigenvalue weighted by atomic mass is 16.5. The molecule has 18 heavy (non-hydrogen) atoms. The number of carbonyl (C=O) groups is 1. The third kappa shape index (κ3) is 4.74. The lowest BCUT2D eigenvalue weighted by atomic mass is 10.0. The van der Waals surface area contributed by atoms with Crippen molar-refractivity contribution < 1.29 is 9.53 Å². The normalized spacial score (nSPS) is 10.4. The molecule has 0 radical (unpaired) electrons. The standard InChI is InChI=1S/C16H22O2/c1-12(2)9-10-14(4)16(17)18-11-15-8-6-5-7-13(15)3/h5-8,12H,4,9-11H2,1-3H3. The Bertz CT molecular complexity index is 419. The monoisotopic (exact) mass is 246 g/mol. The fourth-order valence-corrected chi connectivity index (χ4v) is 1.58. The van der Waals surface area contributed by atoms with Gasteiger partial charge in [0, 0.05) is 5.57 Å². The molecule has 0 spiro atoms. The van der Waals surface area contributed by atoms with E-state index in [0.29, 0.717) is 24.5 Å². The number of aryl methyl sites for hydroxylation is 1. The lowest BCUT2D eigenvalue weighted by Gasteiger charge is -2.09. The fraction of sp³-hybridized carbons (Fsp3) is 0.438. The average molecular weight is 246 g/mol. The van der Waals surface area contributed by atoms with Crippen molar-refractivity contribution in [3.8, 4) is 0 Å². The van der Waals surface area contributed by atoms with E-state index in [1.807, 2.05) is 31.2 Å². The van der Waals surface area contributed by atoms with Gasteiger partial charge in [0.15, 0.2) is 0 Å². The molecule has 1 rings (SSSR count). The maximum absolute atomic E-state index is 11.7. The van der Waals surface area contributed by atoms with Gasteiger partial charge in [-0.05, 0) is 36.8 Å². The minimum absolute atomic E-state index is 0.279. The molecule has 0 fully saturated rings. The van der Waals surface area contributed by atoms with Crippen LogP contribution in [0.15, 0.2) is 36.4 Å². The third-order valence-electron chi connectivity index (χ3n) is 2.93. The molecule has 0 amide bonds. The smallest absolute Gasteiger partial charge is 0.333 e. The van der Waals surface area contributed by atoms with Crippen LogP contribution in [0.1, 0.15) is 37.8 Å². The molecule has 0 atom stereocenters. The van der Waals surface area contributed by atoms with Crippen molar-refractivity contribution in [2.24, 2.45) is 5.92 Å². The second-order valence-corrected chi connectivity index (χ2v) is 5.04. The molecular weight excluding hydrogens is 224 g/mol. The van der Waals surface area contributed by atoms with Crippen LogP contribution in [0, 0.1) is 12.8 Å². The first-order valence-corrected chi connectivity index (χ1v) is 6.40. The summed E-state index contributed by atoms with van der Waals surface area (Å²) in [6.45, 7) is 10.4. The zero-order chi connectivity index (χ0) is 13.5. The van der Waals surface area contributed by atoms with E-state index in [2.05, 4.69) is 20.4 Å². The van der Waals surface area contributed by atoms with Gasteiger partial charge in [-0.3, -0.25) is 0 Å². The Morgan fingerprint density at radius 3 is 2.61 bits per heavy atom. The highest BCUT2D eigenvalue weighted by molar-refractivity contribution is 5.87. The summed E-state index contributed by atoms with van der Waals surface area (Å²) in [5.41, 5.74) is 2.75. The van der Waals surface area contributed by atoms with Crippen LogP contribution in [0.4, 0.5) is 0 Å². The van der Waals surface area contributed by atoms with Gasteiger partial charge >= 0.3 is 5.97 Å². The predicted octanol–water partition coefficient (Wildman–Crippen LogP) is 4.03. The molecule has 0 saturated carbocycles. The quantitative estimate of drug-likeness (QED) is 0.559. The lowest BCUT2D eigenvalue weighted by Crippen LogP contribution is -2.08. The van der Waals surface area contributed by atoms with Gasteiger partial charge in [-0.1, -0.05) is 44.7 Å². The van der Waals surface area contributed by atoms with Gasteiger partial charge in [-0.25, -0.2) is 4.79 Å². The molecule has 1 aromatic carbocycles. The first kappa shape index (κ1) is 14.5. The molecule has 0 bridgehead atoms. The minimum atomic E-state index is -0.279. The van der Waals surface area contributed by atoms with Crippen LogP contribution in [-0.2, 0) is 16.1 Å². The van der Waals surface area contributed by atoms with Crippen LogP contribution < -0.4 is 0 Å². The number of rotatable bonds is 6. The first-order valence-electron chi connectivity index (χ1n) is 6.40. The molecule has 1 aromatic rings. The van der Waals surface area contributed by atoms with Gasteiger partial charge in [-0.15, -0.1) is 0 Å². The van der Waals surface area contributed by atoms with Crippen molar-refractivity contribution in [1.29, 1.82) is 0 Å². The number of esters is 1. The Hall–Kier alpha value is -1.57. The van der Waals surface area contributed by atoms with Crippen LogP contribution >= 0.6 is 0 Å². The van der Waals surface area contributed by atoms with Gasteiger partial charge in [0.25, 0.3) is 0 Å². The summed E-state index contributed by atoms with van der Waals surface area (Å²) in [5.74, 6) is 0.296. The zero-order valence-corrected chi connectivity index (χ0v) is 11.5.